The Kier molecular flexibility index (Phi) is 6.44. The number of nitrogens with zero attached hydrogens (tertiary/aromatic N) is 3. The van der Waals surface area contributed by atoms with Crippen molar-refractivity contribution in [2.45, 2.75) is 19.0 Å². The highest BCUT2D eigenvalue weighted by Crippen LogP contribution is 2.40. The minimum Gasteiger partial charge on any atom is -0.507 e. The molecule has 0 spiro atoms. The zero-order valence-corrected chi connectivity index (χ0v) is 18.5. The van der Waals surface area contributed by atoms with Gasteiger partial charge in [-0.2, -0.15) is 0 Å². The Hall–Kier alpha value is -4.07. The van der Waals surface area contributed by atoms with Crippen LogP contribution in [0.5, 0.6) is 11.5 Å². The van der Waals surface area contributed by atoms with Gasteiger partial charge in [0.1, 0.15) is 17.3 Å². The first kappa shape index (κ1) is 22.1. The molecular weight excluding hydrogens is 422 g/mol. The van der Waals surface area contributed by atoms with Crippen LogP contribution in [-0.2, 0) is 16.1 Å². The van der Waals surface area contributed by atoms with Gasteiger partial charge in [-0.3, -0.25) is 9.59 Å². The highest BCUT2D eigenvalue weighted by atomic mass is 16.5. The van der Waals surface area contributed by atoms with E-state index in [1.165, 1.54) is 12.0 Å². The summed E-state index contributed by atoms with van der Waals surface area (Å²) in [5.74, 6) is -0.467. The number of carbonyl (C=O) groups is 2. The molecule has 2 heterocycles. The molecule has 0 aliphatic carbocycles. The molecule has 170 valence electrons. The third-order valence-corrected chi connectivity index (χ3v) is 5.67. The Labute approximate surface area is 191 Å². The van der Waals surface area contributed by atoms with E-state index in [1.807, 2.05) is 16.8 Å². The molecule has 8 nitrogen and oxygen atoms in total. The summed E-state index contributed by atoms with van der Waals surface area (Å²) in [5.41, 5.74) is 1.13. The third kappa shape index (κ3) is 4.45. The molecule has 33 heavy (non-hydrogen) atoms. The van der Waals surface area contributed by atoms with Gasteiger partial charge in [-0.1, -0.05) is 24.3 Å². The van der Waals surface area contributed by atoms with Crippen LogP contribution in [0.15, 0.2) is 72.8 Å². The first-order valence-electron chi connectivity index (χ1n) is 10.6. The van der Waals surface area contributed by atoms with Crippen molar-refractivity contribution in [3.63, 3.8) is 0 Å². The molecule has 1 aliphatic heterocycles. The second-order valence-corrected chi connectivity index (χ2v) is 7.66. The lowest BCUT2D eigenvalue weighted by Gasteiger charge is -2.25. The summed E-state index contributed by atoms with van der Waals surface area (Å²) in [5, 5.41) is 11.2. The third-order valence-electron chi connectivity index (χ3n) is 5.67. The number of aliphatic hydroxyl groups is 1. The number of rotatable bonds is 8. The summed E-state index contributed by atoms with van der Waals surface area (Å²) in [7, 11) is 3.08. The van der Waals surface area contributed by atoms with Crippen LogP contribution in [0.1, 0.15) is 23.6 Å². The van der Waals surface area contributed by atoms with E-state index in [2.05, 4.69) is 4.98 Å². The predicted molar refractivity (Wildman–Crippen MR) is 122 cm³/mol. The standard InChI is InChI=1S/C25H25N3O5/c1-32-19-8-3-6-17(14-19)22-21(23(29)18-7-4-9-20(15-18)33-2)24(30)25(31)28(22)12-5-11-27-13-10-26-16-27/h3-4,6-10,13-16,22,29H,5,11-12H2,1-2H3/b23-21+. The topological polar surface area (TPSA) is 93.9 Å². The number of amides is 1. The molecular formula is C25H25N3O5. The fraction of sp³-hybridized carbons (Fsp3) is 0.240. The number of carbonyl (C=O) groups excluding carboxylic acids is 2. The van der Waals surface area contributed by atoms with Crippen molar-refractivity contribution in [1.82, 2.24) is 14.5 Å². The molecule has 1 saturated heterocycles. The largest absolute Gasteiger partial charge is 0.507 e. The molecule has 1 N–H and O–H groups in total. The van der Waals surface area contributed by atoms with Crippen molar-refractivity contribution in [2.24, 2.45) is 0 Å². The monoisotopic (exact) mass is 447 g/mol. The number of likely N-dealkylation sites (tertiary alicyclic amines) is 1. The molecule has 1 atom stereocenters. The van der Waals surface area contributed by atoms with Crippen LogP contribution in [-0.4, -0.2) is 52.0 Å². The summed E-state index contributed by atoms with van der Waals surface area (Å²) < 4.78 is 12.5. The molecule has 1 aromatic heterocycles. The van der Waals surface area contributed by atoms with E-state index in [0.717, 1.165) is 0 Å². The van der Waals surface area contributed by atoms with Crippen molar-refractivity contribution in [2.75, 3.05) is 20.8 Å². The van der Waals surface area contributed by atoms with E-state index < -0.39 is 17.7 Å². The number of Topliss-reactive ketones (excluding diaryl/α,β-unsaturated/α-hetero) is 1. The van der Waals surface area contributed by atoms with Gasteiger partial charge in [0.2, 0.25) is 0 Å². The Morgan fingerprint density at radius 1 is 1.03 bits per heavy atom. The Bertz CT molecular complexity index is 1190. The van der Waals surface area contributed by atoms with Crippen LogP contribution in [0.25, 0.3) is 5.76 Å². The number of hydrogen-bond donors (Lipinski definition) is 1. The molecule has 8 heteroatoms. The van der Waals surface area contributed by atoms with Crippen LogP contribution in [0.3, 0.4) is 0 Å². The molecule has 1 unspecified atom stereocenters. The normalized spacial score (nSPS) is 17.4. The number of benzene rings is 2. The van der Waals surface area contributed by atoms with Gasteiger partial charge in [-0.25, -0.2) is 4.98 Å². The second kappa shape index (κ2) is 9.60. The highest BCUT2D eigenvalue weighted by molar-refractivity contribution is 6.46. The summed E-state index contributed by atoms with van der Waals surface area (Å²) in [6.45, 7) is 0.975. The maximum absolute atomic E-state index is 13.1. The Balaban J connectivity index is 1.76. The Morgan fingerprint density at radius 3 is 2.45 bits per heavy atom. The molecule has 2 aromatic carbocycles. The van der Waals surface area contributed by atoms with Crippen molar-refractivity contribution in [3.8, 4) is 11.5 Å². The maximum Gasteiger partial charge on any atom is 0.295 e. The van der Waals surface area contributed by atoms with Crippen molar-refractivity contribution in [3.05, 3.63) is 84.0 Å². The van der Waals surface area contributed by atoms with E-state index in [-0.39, 0.29) is 11.3 Å². The molecule has 0 bridgehead atoms. The zero-order valence-electron chi connectivity index (χ0n) is 18.5. The minimum atomic E-state index is -0.742. The number of ketones is 1. The minimum absolute atomic E-state index is 0.0455. The number of aliphatic hydroxyl groups excluding tert-OH is 1. The van der Waals surface area contributed by atoms with Gasteiger partial charge >= 0.3 is 0 Å². The first-order chi connectivity index (χ1) is 16.0. The summed E-state index contributed by atoms with van der Waals surface area (Å²) in [6.07, 6.45) is 5.85. The van der Waals surface area contributed by atoms with Crippen molar-refractivity contribution in [1.29, 1.82) is 0 Å². The summed E-state index contributed by atoms with van der Waals surface area (Å²) >= 11 is 0. The van der Waals surface area contributed by atoms with E-state index in [0.29, 0.717) is 42.1 Å². The van der Waals surface area contributed by atoms with E-state index in [4.69, 9.17) is 9.47 Å². The molecule has 4 rings (SSSR count). The smallest absolute Gasteiger partial charge is 0.295 e. The summed E-state index contributed by atoms with van der Waals surface area (Å²) in [4.78, 5) is 31.7. The van der Waals surface area contributed by atoms with Crippen molar-refractivity contribution < 1.29 is 24.2 Å². The van der Waals surface area contributed by atoms with Crippen LogP contribution >= 0.6 is 0 Å². The SMILES string of the molecule is COc1cccc(/C(O)=C2\C(=O)C(=O)N(CCCn3ccnc3)C2c2cccc(OC)c2)c1. The number of imidazole rings is 1. The second-order valence-electron chi connectivity index (χ2n) is 7.66. The zero-order chi connectivity index (χ0) is 23.4. The van der Waals surface area contributed by atoms with E-state index in [9.17, 15) is 14.7 Å². The fourth-order valence-corrected chi connectivity index (χ4v) is 4.04. The predicted octanol–water partition coefficient (Wildman–Crippen LogP) is 3.41. The molecule has 0 saturated carbocycles. The van der Waals surface area contributed by atoms with E-state index in [1.54, 1.807) is 62.1 Å². The quantitative estimate of drug-likeness (QED) is 0.323. The van der Waals surface area contributed by atoms with Gasteiger partial charge in [0.05, 0.1) is 32.2 Å². The molecule has 1 amide bonds. The average molecular weight is 447 g/mol. The fourth-order valence-electron chi connectivity index (χ4n) is 4.04. The lowest BCUT2D eigenvalue weighted by molar-refractivity contribution is -0.139. The van der Waals surface area contributed by atoms with E-state index >= 15 is 0 Å². The highest BCUT2D eigenvalue weighted by Gasteiger charge is 2.45. The van der Waals surface area contributed by atoms with Crippen LogP contribution < -0.4 is 9.47 Å². The lowest BCUT2D eigenvalue weighted by atomic mass is 9.95. The van der Waals surface area contributed by atoms with Gasteiger partial charge in [-0.15, -0.1) is 0 Å². The van der Waals surface area contributed by atoms with Gasteiger partial charge in [0, 0.05) is 31.0 Å². The van der Waals surface area contributed by atoms with Gasteiger partial charge < -0.3 is 24.0 Å². The van der Waals surface area contributed by atoms with Gasteiger partial charge in [0.15, 0.2) is 0 Å². The number of hydrogen-bond acceptors (Lipinski definition) is 6. The molecule has 3 aromatic rings. The Morgan fingerprint density at radius 2 is 1.76 bits per heavy atom. The maximum atomic E-state index is 13.1. The lowest BCUT2D eigenvalue weighted by Crippen LogP contribution is -2.31. The molecule has 1 aliphatic rings. The number of methoxy groups -OCH3 is 2. The molecule has 0 radical (unpaired) electrons. The van der Waals surface area contributed by atoms with Gasteiger partial charge in [-0.05, 0) is 36.2 Å². The van der Waals surface area contributed by atoms with Crippen LogP contribution in [0.4, 0.5) is 0 Å². The number of aryl methyl sites for hydroxylation is 1. The van der Waals surface area contributed by atoms with Gasteiger partial charge in [0.25, 0.3) is 11.7 Å². The molecule has 1 fully saturated rings. The average Bonchev–Trinajstić information content (AvgIpc) is 3.46. The van der Waals surface area contributed by atoms with Crippen LogP contribution in [0, 0.1) is 0 Å². The van der Waals surface area contributed by atoms with Crippen LogP contribution in [0.2, 0.25) is 0 Å². The number of aromatic nitrogens is 2. The first-order valence-corrected chi connectivity index (χ1v) is 10.6. The number of ether oxygens (including phenoxy) is 2. The summed E-state index contributed by atoms with van der Waals surface area (Å²) in [6, 6.07) is 13.2. The van der Waals surface area contributed by atoms with Crippen molar-refractivity contribution >= 4 is 17.4 Å².